The molecule has 5 nitrogen and oxygen atoms in total. The maximum Gasteiger partial charge on any atom is 0.246 e. The van der Waals surface area contributed by atoms with Crippen LogP contribution < -0.4 is 14.4 Å². The molecule has 0 saturated carbocycles. The summed E-state index contributed by atoms with van der Waals surface area (Å²) < 4.78 is 10.4. The highest BCUT2D eigenvalue weighted by Crippen LogP contribution is 2.36. The van der Waals surface area contributed by atoms with Crippen LogP contribution in [0.4, 0.5) is 11.4 Å². The van der Waals surface area contributed by atoms with E-state index >= 15 is 0 Å². The fraction of sp³-hybridized carbons (Fsp3) is 0.333. The lowest BCUT2D eigenvalue weighted by Crippen LogP contribution is -2.32. The second kappa shape index (κ2) is 8.95. The van der Waals surface area contributed by atoms with E-state index in [4.69, 9.17) is 14.5 Å². The van der Waals surface area contributed by atoms with Crippen LogP contribution in [0.3, 0.4) is 0 Å². The number of unbranched alkanes of at least 4 members (excludes halogenated alkanes) is 1. The van der Waals surface area contributed by atoms with Crippen molar-refractivity contribution in [1.29, 1.82) is 0 Å². The number of hydrogen-bond donors (Lipinski definition) is 0. The molecule has 1 atom stereocenters. The van der Waals surface area contributed by atoms with Crippen molar-refractivity contribution >= 4 is 34.2 Å². The third-order valence-electron chi connectivity index (χ3n) is 4.38. The molecule has 1 aliphatic rings. The molecule has 27 heavy (non-hydrogen) atoms. The number of carbonyl (C=O) groups is 1. The van der Waals surface area contributed by atoms with Crippen molar-refractivity contribution in [1.82, 2.24) is 0 Å². The standard InChI is InChI=1S/C21H24N2O3S/c1-4-5-6-19-20(24)23(16-9-13-18(26-3)14-10-16)21(27-19)22-15-7-11-17(25-2)12-8-15/h7-14,19H,4-6H2,1-3H3. The molecule has 0 aromatic heterocycles. The van der Waals surface area contributed by atoms with Crippen LogP contribution in [0.15, 0.2) is 53.5 Å². The topological polar surface area (TPSA) is 51.1 Å². The fourth-order valence-corrected chi connectivity index (χ4v) is 4.06. The Morgan fingerprint density at radius 1 is 1.00 bits per heavy atom. The van der Waals surface area contributed by atoms with Crippen molar-refractivity contribution in [2.45, 2.75) is 31.4 Å². The summed E-state index contributed by atoms with van der Waals surface area (Å²) in [5.41, 5.74) is 1.60. The van der Waals surface area contributed by atoms with Gasteiger partial charge in [-0.05, 0) is 55.0 Å². The number of hydrogen-bond acceptors (Lipinski definition) is 5. The lowest BCUT2D eigenvalue weighted by atomic mass is 10.2. The summed E-state index contributed by atoms with van der Waals surface area (Å²) >= 11 is 1.54. The second-order valence-corrected chi connectivity index (χ2v) is 7.38. The van der Waals surface area contributed by atoms with E-state index in [-0.39, 0.29) is 11.2 Å². The average Bonchev–Trinajstić information content (AvgIpc) is 3.02. The number of anilines is 1. The molecule has 2 aromatic carbocycles. The normalized spacial score (nSPS) is 18.2. The van der Waals surface area contributed by atoms with E-state index in [0.717, 1.165) is 42.1 Å². The van der Waals surface area contributed by atoms with Gasteiger partial charge in [0.2, 0.25) is 5.91 Å². The minimum absolute atomic E-state index is 0.0888. The van der Waals surface area contributed by atoms with Crippen LogP contribution in [0.1, 0.15) is 26.2 Å². The summed E-state index contributed by atoms with van der Waals surface area (Å²) in [6, 6.07) is 15.0. The van der Waals surface area contributed by atoms with Gasteiger partial charge < -0.3 is 9.47 Å². The number of ether oxygens (including phenoxy) is 2. The first-order valence-electron chi connectivity index (χ1n) is 9.03. The van der Waals surface area contributed by atoms with Crippen LogP contribution in [0.5, 0.6) is 11.5 Å². The summed E-state index contributed by atoms with van der Waals surface area (Å²) in [7, 11) is 3.26. The first-order valence-corrected chi connectivity index (χ1v) is 9.91. The molecule has 1 heterocycles. The summed E-state index contributed by atoms with van der Waals surface area (Å²) in [4.78, 5) is 19.5. The first kappa shape index (κ1) is 19.3. The molecule has 2 aromatic rings. The van der Waals surface area contributed by atoms with Gasteiger partial charge in [-0.3, -0.25) is 9.69 Å². The zero-order valence-corrected chi connectivity index (χ0v) is 16.7. The Hall–Kier alpha value is -2.47. The molecule has 1 fully saturated rings. The third-order valence-corrected chi connectivity index (χ3v) is 5.59. The van der Waals surface area contributed by atoms with Crippen molar-refractivity contribution in [3.05, 3.63) is 48.5 Å². The minimum Gasteiger partial charge on any atom is -0.497 e. The Morgan fingerprint density at radius 2 is 1.59 bits per heavy atom. The fourth-order valence-electron chi connectivity index (χ4n) is 2.85. The second-order valence-electron chi connectivity index (χ2n) is 6.21. The molecule has 0 aliphatic carbocycles. The quantitative estimate of drug-likeness (QED) is 0.672. The van der Waals surface area contributed by atoms with Crippen LogP contribution in [0, 0.1) is 0 Å². The number of amidine groups is 1. The largest absolute Gasteiger partial charge is 0.497 e. The van der Waals surface area contributed by atoms with Crippen molar-refractivity contribution in [2.75, 3.05) is 19.1 Å². The molecule has 3 rings (SSSR count). The van der Waals surface area contributed by atoms with E-state index in [1.54, 1.807) is 30.9 Å². The van der Waals surface area contributed by atoms with Crippen molar-refractivity contribution < 1.29 is 14.3 Å². The van der Waals surface area contributed by atoms with Gasteiger partial charge in [0, 0.05) is 0 Å². The average molecular weight is 385 g/mol. The Bertz CT molecular complexity index is 803. The Kier molecular flexibility index (Phi) is 6.40. The highest BCUT2D eigenvalue weighted by Gasteiger charge is 2.38. The summed E-state index contributed by atoms with van der Waals surface area (Å²) in [5.74, 6) is 1.63. The molecule has 1 unspecified atom stereocenters. The van der Waals surface area contributed by atoms with Gasteiger partial charge >= 0.3 is 0 Å². The van der Waals surface area contributed by atoms with E-state index in [2.05, 4.69) is 6.92 Å². The van der Waals surface area contributed by atoms with Gasteiger partial charge in [-0.2, -0.15) is 0 Å². The number of carbonyl (C=O) groups excluding carboxylic acids is 1. The smallest absolute Gasteiger partial charge is 0.246 e. The summed E-state index contributed by atoms with van der Waals surface area (Å²) in [6.07, 6.45) is 2.95. The molecule has 142 valence electrons. The number of amides is 1. The number of rotatable bonds is 7. The molecule has 0 bridgehead atoms. The Morgan fingerprint density at radius 3 is 2.15 bits per heavy atom. The number of benzene rings is 2. The zero-order chi connectivity index (χ0) is 19.2. The van der Waals surface area contributed by atoms with E-state index in [0.29, 0.717) is 5.17 Å². The number of nitrogens with zero attached hydrogens (tertiary/aromatic N) is 2. The van der Waals surface area contributed by atoms with E-state index in [9.17, 15) is 4.79 Å². The highest BCUT2D eigenvalue weighted by atomic mass is 32.2. The Labute approximate surface area is 164 Å². The lowest BCUT2D eigenvalue weighted by molar-refractivity contribution is -0.117. The van der Waals surface area contributed by atoms with Crippen LogP contribution in [-0.2, 0) is 4.79 Å². The van der Waals surface area contributed by atoms with Crippen LogP contribution in [-0.4, -0.2) is 30.5 Å². The molecule has 1 aliphatic heterocycles. The summed E-state index contributed by atoms with van der Waals surface area (Å²) in [6.45, 7) is 2.14. The van der Waals surface area contributed by atoms with Crippen LogP contribution in [0.25, 0.3) is 0 Å². The van der Waals surface area contributed by atoms with Crippen LogP contribution in [0.2, 0.25) is 0 Å². The predicted molar refractivity (Wildman–Crippen MR) is 111 cm³/mol. The SMILES string of the molecule is CCCCC1SC(=Nc2ccc(OC)cc2)N(c2ccc(OC)cc2)C1=O. The minimum atomic E-state index is -0.0935. The van der Waals surface area contributed by atoms with E-state index < -0.39 is 0 Å². The Balaban J connectivity index is 1.93. The van der Waals surface area contributed by atoms with Crippen molar-refractivity contribution in [2.24, 2.45) is 4.99 Å². The molecule has 0 radical (unpaired) electrons. The van der Waals surface area contributed by atoms with E-state index in [1.807, 2.05) is 48.5 Å². The van der Waals surface area contributed by atoms with Crippen molar-refractivity contribution in [3.63, 3.8) is 0 Å². The predicted octanol–water partition coefficient (Wildman–Crippen LogP) is 5.03. The monoisotopic (exact) mass is 384 g/mol. The molecular weight excluding hydrogens is 360 g/mol. The van der Waals surface area contributed by atoms with Gasteiger partial charge in [-0.1, -0.05) is 31.5 Å². The maximum atomic E-state index is 13.0. The number of thioether (sulfide) groups is 1. The van der Waals surface area contributed by atoms with Gasteiger partial charge in [0.15, 0.2) is 5.17 Å². The van der Waals surface area contributed by atoms with Gasteiger partial charge in [0.25, 0.3) is 0 Å². The third kappa shape index (κ3) is 4.45. The van der Waals surface area contributed by atoms with Crippen molar-refractivity contribution in [3.8, 4) is 11.5 Å². The first-order chi connectivity index (χ1) is 13.2. The van der Waals surface area contributed by atoms with Gasteiger partial charge in [-0.15, -0.1) is 0 Å². The maximum absolute atomic E-state index is 13.0. The van der Waals surface area contributed by atoms with Gasteiger partial charge in [-0.25, -0.2) is 4.99 Å². The van der Waals surface area contributed by atoms with Crippen LogP contribution >= 0.6 is 11.8 Å². The molecule has 1 amide bonds. The molecule has 1 saturated heterocycles. The molecule has 6 heteroatoms. The zero-order valence-electron chi connectivity index (χ0n) is 15.8. The summed E-state index contributed by atoms with van der Waals surface area (Å²) in [5, 5.41) is 0.612. The van der Waals surface area contributed by atoms with E-state index in [1.165, 1.54) is 0 Å². The molecule has 0 spiro atoms. The highest BCUT2D eigenvalue weighted by molar-refractivity contribution is 8.16. The molecule has 0 N–H and O–H groups in total. The number of aliphatic imine (C=N–C) groups is 1. The number of methoxy groups -OCH3 is 2. The lowest BCUT2D eigenvalue weighted by Gasteiger charge is -2.17. The van der Waals surface area contributed by atoms with Gasteiger partial charge in [0.05, 0.1) is 30.8 Å². The molecular formula is C21H24N2O3S. The van der Waals surface area contributed by atoms with Gasteiger partial charge in [0.1, 0.15) is 11.5 Å².